The number of halogens is 3. The molecule has 1 saturated heterocycles. The number of ether oxygens (including phenoxy) is 1. The number of benzene rings is 1. The van der Waals surface area contributed by atoms with E-state index in [1.165, 1.54) is 18.3 Å². The number of hydrogen-bond donors (Lipinski definition) is 1. The second-order valence-electron chi connectivity index (χ2n) is 8.28. The molecule has 2 aromatic heterocycles. The number of nitrogens with zero attached hydrogens (tertiary/aromatic N) is 5. The molecule has 1 aliphatic heterocycles. The van der Waals surface area contributed by atoms with Crippen LogP contribution >= 0.6 is 0 Å². The van der Waals surface area contributed by atoms with Crippen LogP contribution in [0, 0.1) is 5.82 Å². The Bertz CT molecular complexity index is 1130. The van der Waals surface area contributed by atoms with Crippen molar-refractivity contribution in [2.45, 2.75) is 26.5 Å². The summed E-state index contributed by atoms with van der Waals surface area (Å²) in [5.41, 5.74) is 2.80. The average molecular weight is 485 g/mol. The number of aromatic nitrogens is 3. The highest BCUT2D eigenvalue weighted by Crippen LogP contribution is 2.22. The highest BCUT2D eigenvalue weighted by molar-refractivity contribution is 5.49. The Morgan fingerprint density at radius 3 is 2.49 bits per heavy atom. The van der Waals surface area contributed by atoms with Gasteiger partial charge < -0.3 is 19.9 Å². The van der Waals surface area contributed by atoms with Gasteiger partial charge in [-0.15, -0.1) is 10.2 Å². The van der Waals surface area contributed by atoms with Crippen molar-refractivity contribution >= 4 is 11.5 Å². The number of hydrogen-bond acceptors (Lipinski definition) is 7. The zero-order chi connectivity index (χ0) is 24.8. The Hall–Kier alpha value is -3.82. The highest BCUT2D eigenvalue weighted by atomic mass is 19.3. The molecule has 0 amide bonds. The number of allylic oxidation sites excluding steroid dienone is 1. The van der Waals surface area contributed by atoms with Crippen molar-refractivity contribution in [2.24, 2.45) is 0 Å². The Kier molecular flexibility index (Phi) is 7.69. The first-order chi connectivity index (χ1) is 16.9. The van der Waals surface area contributed by atoms with E-state index in [9.17, 15) is 13.2 Å². The van der Waals surface area contributed by atoms with Gasteiger partial charge in [-0.25, -0.2) is 13.2 Å². The molecule has 3 heterocycles. The van der Waals surface area contributed by atoms with E-state index in [1.54, 1.807) is 24.3 Å². The van der Waals surface area contributed by atoms with Gasteiger partial charge >= 0.3 is 0 Å². The fraction of sp³-hybridized carbons (Fsp3) is 0.320. The fourth-order valence-electron chi connectivity index (χ4n) is 3.71. The summed E-state index contributed by atoms with van der Waals surface area (Å²) in [7, 11) is 0. The van der Waals surface area contributed by atoms with Crippen LogP contribution in [0.4, 0.5) is 24.7 Å². The van der Waals surface area contributed by atoms with Crippen LogP contribution in [0.2, 0.25) is 0 Å². The Labute approximate surface area is 202 Å². The molecule has 1 aliphatic rings. The van der Waals surface area contributed by atoms with Gasteiger partial charge in [0.15, 0.2) is 0 Å². The Balaban J connectivity index is 1.26. The monoisotopic (exact) mass is 484 g/mol. The molecule has 1 aromatic carbocycles. The average Bonchev–Trinajstić information content (AvgIpc) is 2.87. The van der Waals surface area contributed by atoms with Crippen molar-refractivity contribution < 1.29 is 17.9 Å². The second-order valence-corrected chi connectivity index (χ2v) is 8.28. The van der Waals surface area contributed by atoms with E-state index < -0.39 is 6.43 Å². The molecule has 1 N–H and O–H groups in total. The molecule has 3 aromatic rings. The maximum absolute atomic E-state index is 14.7. The zero-order valence-electron chi connectivity index (χ0n) is 19.4. The summed E-state index contributed by atoms with van der Waals surface area (Å²) in [6, 6.07) is 11.4. The molecule has 0 saturated carbocycles. The second kappa shape index (κ2) is 11.1. The number of pyridine rings is 1. The largest absolute Gasteiger partial charge is 0.472 e. The maximum atomic E-state index is 14.7. The van der Waals surface area contributed by atoms with Crippen molar-refractivity contribution in [3.8, 4) is 5.88 Å². The fourth-order valence-corrected chi connectivity index (χ4v) is 3.71. The lowest BCUT2D eigenvalue weighted by Crippen LogP contribution is -2.45. The normalized spacial score (nSPS) is 13.7. The standard InChI is InChI=1S/C25H27F3N6O/c1-17(2)33-9-11-34(12-10-33)20-5-4-19(21(26)13-20)15-30-23-7-8-24(32-31-23)35-16-18-3-6-22(25(27)28)29-14-18/h3-8,13-14,25H,1,9-12,15-16H2,2H3,(H,30,31). The zero-order valence-corrected chi connectivity index (χ0v) is 19.4. The SMILES string of the molecule is C=C(C)N1CCN(c2ccc(CNc3ccc(OCc4ccc(C(F)F)nc4)nn3)c(F)c2)CC1. The van der Waals surface area contributed by atoms with Crippen LogP contribution < -0.4 is 15.0 Å². The number of nitrogens with one attached hydrogen (secondary N) is 1. The molecule has 7 nitrogen and oxygen atoms in total. The molecule has 184 valence electrons. The summed E-state index contributed by atoms with van der Waals surface area (Å²) in [5, 5.41) is 11.1. The van der Waals surface area contributed by atoms with E-state index in [2.05, 4.69) is 36.9 Å². The van der Waals surface area contributed by atoms with Gasteiger partial charge in [0.2, 0.25) is 5.88 Å². The maximum Gasteiger partial charge on any atom is 0.280 e. The van der Waals surface area contributed by atoms with Gasteiger partial charge in [-0.2, -0.15) is 0 Å². The molecule has 10 heteroatoms. The molecular weight excluding hydrogens is 457 g/mol. The van der Waals surface area contributed by atoms with E-state index in [-0.39, 0.29) is 30.5 Å². The third kappa shape index (κ3) is 6.40. The lowest BCUT2D eigenvalue weighted by atomic mass is 10.1. The minimum atomic E-state index is -2.61. The van der Waals surface area contributed by atoms with E-state index >= 15 is 0 Å². The summed E-state index contributed by atoms with van der Waals surface area (Å²) in [4.78, 5) is 8.09. The van der Waals surface area contributed by atoms with Crippen molar-refractivity contribution in [1.29, 1.82) is 0 Å². The Morgan fingerprint density at radius 1 is 1.09 bits per heavy atom. The smallest absolute Gasteiger partial charge is 0.280 e. The summed E-state index contributed by atoms with van der Waals surface area (Å²) in [6.07, 6.45) is -1.27. The van der Waals surface area contributed by atoms with Gasteiger partial charge in [0.05, 0.1) is 0 Å². The van der Waals surface area contributed by atoms with Crippen LogP contribution in [-0.2, 0) is 13.2 Å². The number of anilines is 2. The molecule has 0 bridgehead atoms. The number of piperazine rings is 1. The Morgan fingerprint density at radius 2 is 1.89 bits per heavy atom. The first-order valence-corrected chi connectivity index (χ1v) is 11.3. The van der Waals surface area contributed by atoms with Crippen molar-refractivity contribution in [1.82, 2.24) is 20.1 Å². The third-order valence-electron chi connectivity index (χ3n) is 5.78. The molecule has 0 unspecified atom stereocenters. The van der Waals surface area contributed by atoms with Gasteiger partial charge in [-0.3, -0.25) is 4.98 Å². The van der Waals surface area contributed by atoms with Crippen LogP contribution in [0.1, 0.15) is 30.2 Å². The lowest BCUT2D eigenvalue weighted by molar-refractivity contribution is 0.146. The molecular formula is C25H27F3N6O. The predicted octanol–water partition coefficient (Wildman–Crippen LogP) is 4.80. The van der Waals surface area contributed by atoms with Gasteiger partial charge in [0.1, 0.15) is 23.9 Å². The van der Waals surface area contributed by atoms with Crippen LogP contribution in [0.25, 0.3) is 0 Å². The van der Waals surface area contributed by atoms with Crippen LogP contribution in [0.5, 0.6) is 5.88 Å². The van der Waals surface area contributed by atoms with Crippen molar-refractivity contribution in [3.05, 3.63) is 83.6 Å². The minimum Gasteiger partial charge on any atom is -0.472 e. The first kappa shape index (κ1) is 24.3. The summed E-state index contributed by atoms with van der Waals surface area (Å²) < 4.78 is 45.4. The highest BCUT2D eigenvalue weighted by Gasteiger charge is 2.17. The molecule has 4 rings (SSSR count). The predicted molar refractivity (Wildman–Crippen MR) is 128 cm³/mol. The third-order valence-corrected chi connectivity index (χ3v) is 5.78. The van der Waals surface area contributed by atoms with Gasteiger partial charge in [-0.05, 0) is 31.2 Å². The molecule has 0 aliphatic carbocycles. The van der Waals surface area contributed by atoms with Crippen LogP contribution in [0.15, 0.2) is 60.9 Å². The summed E-state index contributed by atoms with van der Waals surface area (Å²) >= 11 is 0. The topological polar surface area (TPSA) is 66.4 Å². The lowest BCUT2D eigenvalue weighted by Gasteiger charge is -2.37. The quantitative estimate of drug-likeness (QED) is 0.468. The summed E-state index contributed by atoms with van der Waals surface area (Å²) in [5.74, 6) is 0.465. The van der Waals surface area contributed by atoms with Crippen molar-refractivity contribution in [3.63, 3.8) is 0 Å². The van der Waals surface area contributed by atoms with E-state index in [0.29, 0.717) is 16.9 Å². The van der Waals surface area contributed by atoms with Crippen LogP contribution in [-0.4, -0.2) is 46.3 Å². The molecule has 1 fully saturated rings. The van der Waals surface area contributed by atoms with Crippen molar-refractivity contribution in [2.75, 3.05) is 36.4 Å². The molecule has 35 heavy (non-hydrogen) atoms. The first-order valence-electron chi connectivity index (χ1n) is 11.3. The minimum absolute atomic E-state index is 0.123. The van der Waals surface area contributed by atoms with Gasteiger partial charge in [0.25, 0.3) is 6.43 Å². The van der Waals surface area contributed by atoms with Crippen LogP contribution in [0.3, 0.4) is 0 Å². The van der Waals surface area contributed by atoms with E-state index in [0.717, 1.165) is 37.6 Å². The van der Waals surface area contributed by atoms with E-state index in [1.807, 2.05) is 13.0 Å². The number of alkyl halides is 2. The molecule has 0 atom stereocenters. The molecule has 0 spiro atoms. The molecule has 0 radical (unpaired) electrons. The number of rotatable bonds is 9. The van der Waals surface area contributed by atoms with Gasteiger partial charge in [0, 0.05) is 67.5 Å². The summed E-state index contributed by atoms with van der Waals surface area (Å²) in [6.45, 7) is 9.76. The van der Waals surface area contributed by atoms with E-state index in [4.69, 9.17) is 4.74 Å². The van der Waals surface area contributed by atoms with Gasteiger partial charge in [-0.1, -0.05) is 18.7 Å².